The van der Waals surface area contributed by atoms with Gasteiger partial charge in [0.15, 0.2) is 0 Å². The first-order valence-electron chi connectivity index (χ1n) is 8.03. The summed E-state index contributed by atoms with van der Waals surface area (Å²) in [7, 11) is 1.69. The number of ether oxygens (including phenoxy) is 1. The molecule has 1 aromatic carbocycles. The number of carbonyl (C=O) groups excluding carboxylic acids is 1. The third-order valence-corrected chi connectivity index (χ3v) is 4.80. The number of aromatic nitrogens is 1. The molecule has 2 rings (SSSR count). The van der Waals surface area contributed by atoms with Crippen molar-refractivity contribution in [3.63, 3.8) is 0 Å². The molecule has 134 valence electrons. The van der Waals surface area contributed by atoms with Crippen molar-refractivity contribution in [1.29, 1.82) is 0 Å². The first-order valence-corrected chi connectivity index (χ1v) is 8.91. The maximum Gasteiger partial charge on any atom is 0.335 e. The Morgan fingerprint density at radius 3 is 2.76 bits per heavy atom. The van der Waals surface area contributed by atoms with Gasteiger partial charge in [0.1, 0.15) is 11.1 Å². The molecule has 25 heavy (non-hydrogen) atoms. The van der Waals surface area contributed by atoms with E-state index >= 15 is 0 Å². The summed E-state index contributed by atoms with van der Waals surface area (Å²) in [6.45, 7) is 4.89. The fourth-order valence-corrected chi connectivity index (χ4v) is 3.23. The third kappa shape index (κ3) is 5.11. The number of rotatable bonds is 8. The number of hydrogen-bond donors (Lipinski definition) is 1. The third-order valence-electron chi connectivity index (χ3n) is 3.75. The van der Waals surface area contributed by atoms with Crippen LogP contribution >= 0.6 is 11.3 Å². The van der Waals surface area contributed by atoms with E-state index in [9.17, 15) is 14.7 Å². The molecule has 6 nitrogen and oxygen atoms in total. The lowest BCUT2D eigenvalue weighted by molar-refractivity contribution is -0.129. The van der Waals surface area contributed by atoms with E-state index in [0.29, 0.717) is 18.7 Å². The van der Waals surface area contributed by atoms with Crippen molar-refractivity contribution in [3.8, 4) is 0 Å². The second-order valence-corrected chi connectivity index (χ2v) is 6.55. The van der Waals surface area contributed by atoms with Gasteiger partial charge in [0.05, 0.1) is 24.2 Å². The molecule has 0 bridgehead atoms. The number of benzene rings is 1. The highest BCUT2D eigenvalue weighted by molar-refractivity contribution is 7.09. The maximum atomic E-state index is 12.4. The number of carboxylic acid groups (broad SMARTS) is 1. The summed E-state index contributed by atoms with van der Waals surface area (Å²) in [4.78, 5) is 29.7. The lowest BCUT2D eigenvalue weighted by Crippen LogP contribution is -2.28. The first-order chi connectivity index (χ1) is 11.9. The Hall–Kier alpha value is -2.25. The first kappa shape index (κ1) is 19.1. The highest BCUT2D eigenvalue weighted by Crippen LogP contribution is 2.21. The van der Waals surface area contributed by atoms with Crippen LogP contribution in [0.5, 0.6) is 0 Å². The number of amides is 1. The van der Waals surface area contributed by atoms with Gasteiger partial charge in [0, 0.05) is 19.0 Å². The SMILES string of the molecule is CCOC(C)c1nc(CN(C)C(=O)Cc2ccccc2C(=O)O)cs1. The van der Waals surface area contributed by atoms with Crippen molar-refractivity contribution in [2.24, 2.45) is 0 Å². The summed E-state index contributed by atoms with van der Waals surface area (Å²) in [6.07, 6.45) is -0.0158. The van der Waals surface area contributed by atoms with Gasteiger partial charge in [-0.15, -0.1) is 11.3 Å². The summed E-state index contributed by atoms with van der Waals surface area (Å²) in [6, 6.07) is 6.56. The quantitative estimate of drug-likeness (QED) is 0.780. The Labute approximate surface area is 151 Å². The van der Waals surface area contributed by atoms with Crippen molar-refractivity contribution in [2.75, 3.05) is 13.7 Å². The van der Waals surface area contributed by atoms with Crippen molar-refractivity contribution in [3.05, 3.63) is 51.5 Å². The van der Waals surface area contributed by atoms with Crippen LogP contribution in [0.1, 0.15) is 46.6 Å². The smallest absolute Gasteiger partial charge is 0.335 e. The molecule has 0 saturated heterocycles. The predicted molar refractivity (Wildman–Crippen MR) is 95.7 cm³/mol. The van der Waals surface area contributed by atoms with E-state index in [4.69, 9.17) is 4.74 Å². The molecular formula is C18H22N2O4S. The molecule has 1 N–H and O–H groups in total. The van der Waals surface area contributed by atoms with Crippen molar-refractivity contribution < 1.29 is 19.4 Å². The number of thiazole rings is 1. The van der Waals surface area contributed by atoms with Crippen LogP contribution in [0.2, 0.25) is 0 Å². The van der Waals surface area contributed by atoms with Crippen LogP contribution in [0.4, 0.5) is 0 Å². The number of aromatic carboxylic acids is 1. The minimum atomic E-state index is -1.03. The zero-order valence-electron chi connectivity index (χ0n) is 14.6. The number of carboxylic acids is 1. The molecule has 1 amide bonds. The van der Waals surface area contributed by atoms with Crippen LogP contribution in [0.15, 0.2) is 29.6 Å². The molecule has 1 aromatic heterocycles. The van der Waals surface area contributed by atoms with Crippen LogP contribution in [0.25, 0.3) is 0 Å². The van der Waals surface area contributed by atoms with Crippen LogP contribution in [0, 0.1) is 0 Å². The second kappa shape index (κ2) is 8.73. The number of carbonyl (C=O) groups is 2. The van der Waals surface area contributed by atoms with Crippen LogP contribution in [-0.4, -0.2) is 40.5 Å². The Morgan fingerprint density at radius 1 is 1.36 bits per heavy atom. The zero-order valence-corrected chi connectivity index (χ0v) is 15.4. The van der Waals surface area contributed by atoms with Gasteiger partial charge in [-0.3, -0.25) is 4.79 Å². The van der Waals surface area contributed by atoms with Crippen LogP contribution < -0.4 is 0 Å². The molecule has 0 fully saturated rings. The van der Waals surface area contributed by atoms with Gasteiger partial charge < -0.3 is 14.7 Å². The zero-order chi connectivity index (χ0) is 18.4. The lowest BCUT2D eigenvalue weighted by Gasteiger charge is -2.16. The Kier molecular flexibility index (Phi) is 6.66. The van der Waals surface area contributed by atoms with Gasteiger partial charge in [-0.1, -0.05) is 18.2 Å². The standard InChI is InChI=1S/C18H22N2O4S/c1-4-24-12(2)17-19-14(11-25-17)10-20(3)16(21)9-13-7-5-6-8-15(13)18(22)23/h5-8,11-12H,4,9-10H2,1-3H3,(H,22,23). The Morgan fingerprint density at radius 2 is 2.08 bits per heavy atom. The maximum absolute atomic E-state index is 12.4. The number of likely N-dealkylation sites (N-methyl/N-ethyl adjacent to an activating group) is 1. The van der Waals surface area contributed by atoms with E-state index < -0.39 is 5.97 Å². The largest absolute Gasteiger partial charge is 0.478 e. The van der Waals surface area contributed by atoms with Crippen molar-refractivity contribution in [2.45, 2.75) is 32.9 Å². The minimum Gasteiger partial charge on any atom is -0.478 e. The molecule has 1 unspecified atom stereocenters. The molecule has 1 atom stereocenters. The van der Waals surface area contributed by atoms with Crippen LogP contribution in [0.3, 0.4) is 0 Å². The molecule has 7 heteroatoms. The van der Waals surface area contributed by atoms with Gasteiger partial charge in [-0.05, 0) is 25.5 Å². The highest BCUT2D eigenvalue weighted by atomic mass is 32.1. The Bertz CT molecular complexity index is 744. The fourth-order valence-electron chi connectivity index (χ4n) is 2.42. The van der Waals surface area contributed by atoms with E-state index in [1.54, 1.807) is 30.1 Å². The van der Waals surface area contributed by atoms with Crippen molar-refractivity contribution >= 4 is 23.2 Å². The number of nitrogens with zero attached hydrogens (tertiary/aromatic N) is 2. The molecule has 0 radical (unpaired) electrons. The fraction of sp³-hybridized carbons (Fsp3) is 0.389. The molecule has 0 aliphatic rings. The molecule has 0 spiro atoms. The monoisotopic (exact) mass is 362 g/mol. The van der Waals surface area contributed by atoms with Gasteiger partial charge in [-0.25, -0.2) is 9.78 Å². The highest BCUT2D eigenvalue weighted by Gasteiger charge is 2.17. The molecule has 0 aliphatic heterocycles. The summed E-state index contributed by atoms with van der Waals surface area (Å²) < 4.78 is 5.52. The molecule has 2 aromatic rings. The normalized spacial score (nSPS) is 12.0. The minimum absolute atomic E-state index is 0.0469. The summed E-state index contributed by atoms with van der Waals surface area (Å²) >= 11 is 1.51. The second-order valence-electron chi connectivity index (χ2n) is 5.66. The van der Waals surface area contributed by atoms with Gasteiger partial charge >= 0.3 is 5.97 Å². The predicted octanol–water partition coefficient (Wildman–Crippen LogP) is 3.14. The molecular weight excluding hydrogens is 340 g/mol. The van der Waals surface area contributed by atoms with E-state index in [0.717, 1.165) is 10.7 Å². The van der Waals surface area contributed by atoms with E-state index in [1.165, 1.54) is 17.4 Å². The van der Waals surface area contributed by atoms with Gasteiger partial charge in [0.2, 0.25) is 5.91 Å². The van der Waals surface area contributed by atoms with Crippen LogP contribution in [-0.2, 0) is 22.5 Å². The summed E-state index contributed by atoms with van der Waals surface area (Å²) in [5.41, 5.74) is 1.47. The van der Waals surface area contributed by atoms with E-state index in [1.807, 2.05) is 19.2 Å². The van der Waals surface area contributed by atoms with E-state index in [2.05, 4.69) is 4.98 Å². The average molecular weight is 362 g/mol. The summed E-state index contributed by atoms with van der Waals surface area (Å²) in [5, 5.41) is 12.0. The molecule has 0 aliphatic carbocycles. The molecule has 1 heterocycles. The van der Waals surface area contributed by atoms with E-state index in [-0.39, 0.29) is 24.0 Å². The topological polar surface area (TPSA) is 79.7 Å². The summed E-state index contributed by atoms with van der Waals surface area (Å²) in [5.74, 6) is -1.18. The molecule has 0 saturated carbocycles. The number of hydrogen-bond acceptors (Lipinski definition) is 5. The van der Waals surface area contributed by atoms with Gasteiger partial charge in [0.25, 0.3) is 0 Å². The lowest BCUT2D eigenvalue weighted by atomic mass is 10.0. The van der Waals surface area contributed by atoms with Crippen molar-refractivity contribution in [1.82, 2.24) is 9.88 Å². The Balaban J connectivity index is 2.00. The average Bonchev–Trinajstić information content (AvgIpc) is 3.04. The van der Waals surface area contributed by atoms with Gasteiger partial charge in [-0.2, -0.15) is 0 Å².